The molecule has 3 N–H and O–H groups in total. The van der Waals surface area contributed by atoms with Crippen LogP contribution in [0, 0.1) is 12.7 Å². The van der Waals surface area contributed by atoms with Crippen molar-refractivity contribution >= 4 is 68.2 Å². The van der Waals surface area contributed by atoms with E-state index in [-0.39, 0.29) is 51.3 Å². The van der Waals surface area contributed by atoms with E-state index in [9.17, 15) is 22.8 Å². The lowest BCUT2D eigenvalue weighted by atomic mass is 9.97. The number of para-hydroxylation sites is 1. The number of rotatable bonds is 15. The Bertz CT molecular complexity index is 2450. The Morgan fingerprint density at radius 3 is 2.48 bits per heavy atom. The monoisotopic (exact) mass is 888 g/mol. The number of fused-ring (bicyclic) bond motifs is 1. The van der Waals surface area contributed by atoms with E-state index < -0.39 is 32.7 Å². The number of aromatic nitrogens is 2. The van der Waals surface area contributed by atoms with Gasteiger partial charge in [0, 0.05) is 56.6 Å². The molecule has 3 aliphatic rings. The molecule has 0 bridgehead atoms. The van der Waals surface area contributed by atoms with Crippen molar-refractivity contribution in [2.75, 3.05) is 42.2 Å². The summed E-state index contributed by atoms with van der Waals surface area (Å²) in [6.45, 7) is 12.0. The number of aryl methyl sites for hydroxylation is 1. The lowest BCUT2D eigenvalue weighted by Crippen LogP contribution is -2.52. The fourth-order valence-electron chi connectivity index (χ4n) is 8.57. The largest absolute Gasteiger partial charge is 0.489 e. The average Bonchev–Trinajstić information content (AvgIpc) is 3.58. The van der Waals surface area contributed by atoms with Crippen LogP contribution in [0.25, 0.3) is 0 Å². The quantitative estimate of drug-likeness (QED) is 0.0828. The number of halogens is 2. The molecule has 2 saturated heterocycles. The van der Waals surface area contributed by atoms with Gasteiger partial charge in [-0.1, -0.05) is 29.8 Å². The number of benzene rings is 3. The van der Waals surface area contributed by atoms with Gasteiger partial charge < -0.3 is 30.5 Å². The Morgan fingerprint density at radius 1 is 1.06 bits per heavy atom. The zero-order chi connectivity index (χ0) is 44.5. The Morgan fingerprint density at radius 2 is 1.81 bits per heavy atom. The van der Waals surface area contributed by atoms with Gasteiger partial charge in [0.05, 0.1) is 45.4 Å². The van der Waals surface area contributed by atoms with E-state index in [0.717, 1.165) is 42.7 Å². The van der Waals surface area contributed by atoms with Crippen LogP contribution in [0.4, 0.5) is 33.2 Å². The van der Waals surface area contributed by atoms with Crippen molar-refractivity contribution in [2.45, 2.75) is 108 Å². The van der Waals surface area contributed by atoms with Crippen molar-refractivity contribution in [3.63, 3.8) is 0 Å². The van der Waals surface area contributed by atoms with E-state index in [1.54, 1.807) is 43.0 Å². The summed E-state index contributed by atoms with van der Waals surface area (Å²) < 4.78 is 48.1. The summed E-state index contributed by atoms with van der Waals surface area (Å²) in [5.74, 6) is -0.243. The molecular formula is C45H54ClFN8O6S. The number of amides is 1. The number of aldehydes is 1. The number of anilines is 5. The second-order valence-electron chi connectivity index (χ2n) is 16.9. The number of piperidine rings is 2. The summed E-state index contributed by atoms with van der Waals surface area (Å²) in [5, 5.41) is 9.07. The van der Waals surface area contributed by atoms with Crippen LogP contribution in [0.15, 0.2) is 59.6 Å². The molecule has 3 aromatic carbocycles. The third-order valence-electron chi connectivity index (χ3n) is 11.9. The zero-order valence-corrected chi connectivity index (χ0v) is 37.4. The third-order valence-corrected chi connectivity index (χ3v) is 14.4. The number of nitrogens with one attached hydrogen (secondary N) is 3. The van der Waals surface area contributed by atoms with Crippen LogP contribution in [-0.2, 0) is 32.5 Å². The summed E-state index contributed by atoms with van der Waals surface area (Å²) in [7, 11) is -1.54. The van der Waals surface area contributed by atoms with Crippen molar-refractivity contribution in [2.24, 2.45) is 0 Å². The van der Waals surface area contributed by atoms with Crippen molar-refractivity contribution in [1.82, 2.24) is 25.1 Å². The van der Waals surface area contributed by atoms with E-state index in [0.29, 0.717) is 61.4 Å². The van der Waals surface area contributed by atoms with Crippen LogP contribution in [0.1, 0.15) is 80.4 Å². The summed E-state index contributed by atoms with van der Waals surface area (Å²) in [6.07, 6.45) is 4.43. The highest BCUT2D eigenvalue weighted by Gasteiger charge is 2.38. The Hall–Kier alpha value is -5.16. The molecule has 2 unspecified atom stereocenters. The molecule has 14 nitrogen and oxygen atoms in total. The van der Waals surface area contributed by atoms with E-state index in [2.05, 4.69) is 42.8 Å². The topological polar surface area (TPSA) is 166 Å². The fourth-order valence-corrected chi connectivity index (χ4v) is 9.91. The first-order valence-electron chi connectivity index (χ1n) is 21.0. The summed E-state index contributed by atoms with van der Waals surface area (Å²) in [6, 6.07) is 13.6. The van der Waals surface area contributed by atoms with E-state index in [4.69, 9.17) is 16.3 Å². The van der Waals surface area contributed by atoms with E-state index >= 15 is 4.39 Å². The minimum absolute atomic E-state index is 0.119. The van der Waals surface area contributed by atoms with Gasteiger partial charge in [-0.25, -0.2) is 17.8 Å². The molecule has 7 rings (SSSR count). The van der Waals surface area contributed by atoms with Crippen molar-refractivity contribution in [1.29, 1.82) is 0 Å². The first-order chi connectivity index (χ1) is 29.5. The fraction of sp³-hybridized carbons (Fsp3) is 0.444. The molecule has 1 aromatic heterocycles. The standard InChI is InChI=1S/C45H54ClFN8O6S/c1-26(2)61-40-20-38(28(5)17-37(40)51-45-49-22-33(46)43(52-45)50-36-9-7-8-10-41(36)62(59,60)27(3)4)54-15-13-31(14-16-54)53(6)23-29-18-30-24-55(44(58)42(30)34(47)19-29)32-11-12-35(48-21-32)39(57)25-56/h7-10,17-20,22,25-27,31-32,35,48H,11-16,21,23-24H2,1-6H3,(H2,49,50,51,52). The van der Waals surface area contributed by atoms with Gasteiger partial charge in [-0.3, -0.25) is 19.3 Å². The van der Waals surface area contributed by atoms with Crippen LogP contribution in [0.3, 0.4) is 0 Å². The number of hydrogen-bond acceptors (Lipinski definition) is 13. The first kappa shape index (κ1) is 44.9. The second kappa shape index (κ2) is 18.7. The smallest absolute Gasteiger partial charge is 0.257 e. The lowest BCUT2D eigenvalue weighted by Gasteiger charge is -2.38. The molecule has 1 amide bonds. The summed E-state index contributed by atoms with van der Waals surface area (Å²) >= 11 is 6.51. The zero-order valence-electron chi connectivity index (χ0n) is 35.9. The van der Waals surface area contributed by atoms with Gasteiger partial charge in [0.2, 0.25) is 11.7 Å². The number of sulfone groups is 1. The minimum atomic E-state index is -3.59. The Labute approximate surface area is 367 Å². The van der Waals surface area contributed by atoms with Crippen LogP contribution in [-0.4, -0.2) is 102 Å². The van der Waals surface area contributed by atoms with E-state index in [1.807, 2.05) is 39.0 Å². The van der Waals surface area contributed by atoms with Gasteiger partial charge >= 0.3 is 0 Å². The highest BCUT2D eigenvalue weighted by molar-refractivity contribution is 7.92. The maximum atomic E-state index is 15.6. The Balaban J connectivity index is 1.00. The van der Waals surface area contributed by atoms with Crippen molar-refractivity contribution in [3.05, 3.63) is 87.8 Å². The molecule has 4 aromatic rings. The molecule has 330 valence electrons. The van der Waals surface area contributed by atoms with Crippen LogP contribution >= 0.6 is 11.6 Å². The Kier molecular flexibility index (Phi) is 13.5. The van der Waals surface area contributed by atoms with Crippen LogP contribution < -0.4 is 25.6 Å². The maximum absolute atomic E-state index is 15.6. The summed E-state index contributed by atoms with van der Waals surface area (Å²) in [4.78, 5) is 51.5. The third kappa shape index (κ3) is 9.58. The number of nitrogens with zero attached hydrogens (tertiary/aromatic N) is 5. The number of carbonyl (C=O) groups is 3. The number of carbonyl (C=O) groups excluding carboxylic acids is 3. The molecule has 0 aliphatic carbocycles. The maximum Gasteiger partial charge on any atom is 0.257 e. The molecule has 0 spiro atoms. The predicted molar refractivity (Wildman–Crippen MR) is 238 cm³/mol. The lowest BCUT2D eigenvalue weighted by molar-refractivity contribution is -0.131. The van der Waals surface area contributed by atoms with Gasteiger partial charge in [-0.05, 0) is 108 Å². The molecule has 2 atom stereocenters. The molecule has 62 heavy (non-hydrogen) atoms. The highest BCUT2D eigenvalue weighted by atomic mass is 35.5. The number of ketones is 1. The van der Waals surface area contributed by atoms with Gasteiger partial charge in [0.1, 0.15) is 16.6 Å². The number of Topliss-reactive ketones (excluding diaryl/α,β-unsaturated/α-hetero) is 1. The second-order valence-corrected chi connectivity index (χ2v) is 19.8. The minimum Gasteiger partial charge on any atom is -0.489 e. The van der Waals surface area contributed by atoms with Crippen LogP contribution in [0.5, 0.6) is 5.75 Å². The molecule has 17 heteroatoms. The SMILES string of the molecule is Cc1cc(Nc2ncc(Cl)c(Nc3ccccc3S(=O)(=O)C(C)C)n2)c(OC(C)C)cc1N1CCC(N(C)Cc2cc(F)c3c(c2)CN(C2CCC(C(=O)C=O)NC2)C3=O)CC1. The molecule has 3 aliphatic heterocycles. The van der Waals surface area contributed by atoms with Crippen LogP contribution in [0.2, 0.25) is 5.02 Å². The molecular weight excluding hydrogens is 835 g/mol. The molecule has 0 radical (unpaired) electrons. The molecule has 2 fully saturated rings. The predicted octanol–water partition coefficient (Wildman–Crippen LogP) is 6.98. The van der Waals surface area contributed by atoms with Crippen molar-refractivity contribution in [3.8, 4) is 5.75 Å². The van der Waals surface area contributed by atoms with Crippen molar-refractivity contribution < 1.29 is 31.9 Å². The number of hydrogen-bond donors (Lipinski definition) is 3. The summed E-state index contributed by atoms with van der Waals surface area (Å²) in [5.41, 5.74) is 4.68. The highest BCUT2D eigenvalue weighted by Crippen LogP contribution is 2.38. The molecule has 4 heterocycles. The van der Waals surface area contributed by atoms with E-state index in [1.165, 1.54) is 12.3 Å². The first-order valence-corrected chi connectivity index (χ1v) is 23.0. The molecule has 0 saturated carbocycles. The number of ether oxygens (including phenoxy) is 1. The normalized spacial score (nSPS) is 18.4. The van der Waals surface area contributed by atoms with Gasteiger partial charge in [0.25, 0.3) is 5.91 Å². The van der Waals surface area contributed by atoms with Gasteiger partial charge in [0.15, 0.2) is 21.9 Å². The average molecular weight is 889 g/mol. The van der Waals surface area contributed by atoms with Gasteiger partial charge in [-0.2, -0.15) is 4.98 Å². The van der Waals surface area contributed by atoms with Gasteiger partial charge in [-0.15, -0.1) is 0 Å².